The molecule has 2 N–H and O–H groups in total. The molecule has 0 aromatic carbocycles. The van der Waals surface area contributed by atoms with E-state index in [1.165, 1.54) is 24.0 Å². The molecule has 1 aromatic heterocycles. The van der Waals surface area contributed by atoms with E-state index in [0.717, 1.165) is 6.42 Å². The molecule has 0 aliphatic rings. The quantitative estimate of drug-likeness (QED) is 0.426. The largest absolute Gasteiger partial charge is 0.465 e. The van der Waals surface area contributed by atoms with Crippen molar-refractivity contribution in [3.8, 4) is 0 Å². The van der Waals surface area contributed by atoms with Gasteiger partial charge in [-0.05, 0) is 26.8 Å². The van der Waals surface area contributed by atoms with Gasteiger partial charge >= 0.3 is 5.97 Å². The number of hydrogen-bond donors (Lipinski definition) is 2. The molecule has 1 heterocycles. The van der Waals surface area contributed by atoms with Crippen molar-refractivity contribution in [1.82, 2.24) is 15.3 Å². The predicted molar refractivity (Wildman–Crippen MR) is 78.9 cm³/mol. The van der Waals surface area contributed by atoms with Crippen LogP contribution in [0.3, 0.4) is 0 Å². The summed E-state index contributed by atoms with van der Waals surface area (Å²) in [5.41, 5.74) is -1.01. The van der Waals surface area contributed by atoms with Gasteiger partial charge in [-0.25, -0.2) is 4.98 Å². The van der Waals surface area contributed by atoms with Gasteiger partial charge < -0.3 is 15.0 Å². The molecule has 0 saturated carbocycles. The van der Waals surface area contributed by atoms with Crippen molar-refractivity contribution >= 4 is 17.7 Å². The first-order chi connectivity index (χ1) is 9.51. The lowest BCUT2D eigenvalue weighted by atomic mass is 10.1. The van der Waals surface area contributed by atoms with Gasteiger partial charge in [0.1, 0.15) is 5.54 Å². The minimum atomic E-state index is -0.801. The van der Waals surface area contributed by atoms with Crippen molar-refractivity contribution in [2.75, 3.05) is 18.9 Å². The van der Waals surface area contributed by atoms with E-state index in [9.17, 15) is 9.59 Å². The smallest absolute Gasteiger partial charge is 0.326 e. The molecular weight excluding hydrogens is 278 g/mol. The van der Waals surface area contributed by atoms with Crippen LogP contribution >= 0.6 is 11.8 Å². The molecule has 6 nitrogen and oxygen atoms in total. The minimum Gasteiger partial charge on any atom is -0.465 e. The van der Waals surface area contributed by atoms with Crippen LogP contribution in [0.15, 0.2) is 22.2 Å². The molecule has 1 rings (SSSR count). The number of hydrogen-bond acceptors (Lipinski definition) is 6. The van der Waals surface area contributed by atoms with Crippen LogP contribution in [0, 0.1) is 0 Å². The zero-order valence-corrected chi connectivity index (χ0v) is 12.9. The lowest BCUT2D eigenvalue weighted by molar-refractivity contribution is -0.149. The Hall–Kier alpha value is -1.34. The number of ether oxygens (including phenoxy) is 1. The molecule has 0 bridgehead atoms. The van der Waals surface area contributed by atoms with E-state index in [2.05, 4.69) is 15.3 Å². The second-order valence-corrected chi connectivity index (χ2v) is 5.47. The van der Waals surface area contributed by atoms with E-state index in [4.69, 9.17) is 4.74 Å². The fraction of sp³-hybridized carbons (Fsp3) is 0.615. The number of aromatic nitrogens is 2. The minimum absolute atomic E-state index is 0.207. The summed E-state index contributed by atoms with van der Waals surface area (Å²) in [6.45, 7) is 6.67. The van der Waals surface area contributed by atoms with Crippen LogP contribution in [-0.4, -0.2) is 40.4 Å². The monoisotopic (exact) mass is 299 g/mol. The topological polar surface area (TPSA) is 84.1 Å². The highest BCUT2D eigenvalue weighted by Gasteiger charge is 2.34. The summed E-state index contributed by atoms with van der Waals surface area (Å²) in [5, 5.41) is 3.69. The van der Waals surface area contributed by atoms with Crippen molar-refractivity contribution in [3.05, 3.63) is 22.6 Å². The molecule has 0 aliphatic heterocycles. The summed E-state index contributed by atoms with van der Waals surface area (Å²) < 4.78 is 5.11. The van der Waals surface area contributed by atoms with Crippen LogP contribution in [0.1, 0.15) is 27.2 Å². The van der Waals surface area contributed by atoms with Crippen molar-refractivity contribution < 1.29 is 9.53 Å². The van der Waals surface area contributed by atoms with Gasteiger partial charge in [0, 0.05) is 18.0 Å². The Kier molecular flexibility index (Phi) is 6.74. The Morgan fingerprint density at radius 3 is 2.90 bits per heavy atom. The van der Waals surface area contributed by atoms with Crippen LogP contribution in [0.4, 0.5) is 0 Å². The van der Waals surface area contributed by atoms with Crippen molar-refractivity contribution in [3.63, 3.8) is 0 Å². The number of nitrogens with one attached hydrogen (secondary N) is 2. The maximum Gasteiger partial charge on any atom is 0.326 e. The molecule has 1 unspecified atom stereocenters. The number of aromatic amines is 1. The van der Waals surface area contributed by atoms with E-state index < -0.39 is 5.54 Å². The molecule has 7 heteroatoms. The first-order valence-corrected chi connectivity index (χ1v) is 7.60. The zero-order chi connectivity index (χ0) is 15.0. The number of thioether (sulfide) groups is 1. The van der Waals surface area contributed by atoms with E-state index in [1.54, 1.807) is 13.8 Å². The molecule has 0 amide bonds. The maximum absolute atomic E-state index is 12.1. The summed E-state index contributed by atoms with van der Waals surface area (Å²) in [7, 11) is 0. The average Bonchev–Trinajstić information content (AvgIpc) is 2.43. The van der Waals surface area contributed by atoms with Crippen LogP contribution in [0.2, 0.25) is 0 Å². The Morgan fingerprint density at radius 2 is 2.30 bits per heavy atom. The maximum atomic E-state index is 12.1. The van der Waals surface area contributed by atoms with Crippen LogP contribution in [0.25, 0.3) is 0 Å². The summed E-state index contributed by atoms with van der Waals surface area (Å²) in [6.07, 6.45) is 2.36. The van der Waals surface area contributed by atoms with Crippen molar-refractivity contribution in [2.24, 2.45) is 0 Å². The highest BCUT2D eigenvalue weighted by Crippen LogP contribution is 2.19. The van der Waals surface area contributed by atoms with Gasteiger partial charge in [0.15, 0.2) is 5.16 Å². The van der Waals surface area contributed by atoms with Gasteiger partial charge in [-0.2, -0.15) is 0 Å². The third-order valence-electron chi connectivity index (χ3n) is 2.64. The summed E-state index contributed by atoms with van der Waals surface area (Å²) in [5.74, 6) is 0.137. The third kappa shape index (κ3) is 4.97. The standard InChI is InChI=1S/C13H21N3O3S/c1-4-7-15-13(3,11(18)19-5-2)9-20-12-14-8-6-10(17)16-12/h6,8,15H,4-5,7,9H2,1-3H3,(H,14,16,17). The second-order valence-electron chi connectivity index (χ2n) is 4.51. The summed E-state index contributed by atoms with van der Waals surface area (Å²) in [4.78, 5) is 30.0. The van der Waals surface area contributed by atoms with E-state index >= 15 is 0 Å². The SMILES string of the molecule is CCCNC(C)(CSc1nccc(=O)[nH]1)C(=O)OCC. The van der Waals surface area contributed by atoms with Gasteiger partial charge in [-0.3, -0.25) is 9.59 Å². The fourth-order valence-corrected chi connectivity index (χ4v) is 2.46. The molecule has 0 aliphatic carbocycles. The highest BCUT2D eigenvalue weighted by molar-refractivity contribution is 7.99. The van der Waals surface area contributed by atoms with Gasteiger partial charge in [0.05, 0.1) is 6.61 Å². The first kappa shape index (κ1) is 16.7. The number of nitrogens with zero attached hydrogens (tertiary/aromatic N) is 1. The molecule has 0 saturated heterocycles. The number of esters is 1. The Bertz CT molecular complexity index is 492. The van der Waals surface area contributed by atoms with Gasteiger partial charge in [0.2, 0.25) is 0 Å². The van der Waals surface area contributed by atoms with Gasteiger partial charge in [0.25, 0.3) is 5.56 Å². The number of rotatable bonds is 8. The molecule has 0 spiro atoms. The lowest BCUT2D eigenvalue weighted by Crippen LogP contribution is -2.53. The van der Waals surface area contributed by atoms with Crippen LogP contribution in [-0.2, 0) is 9.53 Å². The molecule has 20 heavy (non-hydrogen) atoms. The second kappa shape index (κ2) is 8.06. The number of H-pyrrole nitrogens is 1. The summed E-state index contributed by atoms with van der Waals surface area (Å²) >= 11 is 1.32. The molecule has 0 radical (unpaired) electrons. The Morgan fingerprint density at radius 1 is 1.55 bits per heavy atom. The Labute approximate surface area is 122 Å². The van der Waals surface area contributed by atoms with Crippen LogP contribution in [0.5, 0.6) is 0 Å². The first-order valence-electron chi connectivity index (χ1n) is 6.62. The Balaban J connectivity index is 2.73. The van der Waals surface area contributed by atoms with Crippen molar-refractivity contribution in [1.29, 1.82) is 0 Å². The number of carbonyl (C=O) groups excluding carboxylic acids is 1. The zero-order valence-electron chi connectivity index (χ0n) is 12.1. The third-order valence-corrected chi connectivity index (χ3v) is 3.84. The molecule has 0 fully saturated rings. The predicted octanol–water partition coefficient (Wildman–Crippen LogP) is 1.18. The van der Waals surface area contributed by atoms with Crippen LogP contribution < -0.4 is 10.9 Å². The van der Waals surface area contributed by atoms with E-state index in [-0.39, 0.29) is 11.5 Å². The lowest BCUT2D eigenvalue weighted by Gasteiger charge is -2.27. The molecule has 112 valence electrons. The fourth-order valence-electron chi connectivity index (χ4n) is 1.51. The average molecular weight is 299 g/mol. The van der Waals surface area contributed by atoms with E-state index in [0.29, 0.717) is 24.1 Å². The molecular formula is C13H21N3O3S. The molecule has 1 atom stereocenters. The summed E-state index contributed by atoms with van der Waals surface area (Å²) in [6, 6.07) is 1.35. The number of carbonyl (C=O) groups is 1. The normalized spacial score (nSPS) is 13.8. The van der Waals surface area contributed by atoms with Gasteiger partial charge in [-0.15, -0.1) is 0 Å². The van der Waals surface area contributed by atoms with Gasteiger partial charge in [-0.1, -0.05) is 18.7 Å². The van der Waals surface area contributed by atoms with E-state index in [1.807, 2.05) is 6.92 Å². The highest BCUT2D eigenvalue weighted by atomic mass is 32.2. The van der Waals surface area contributed by atoms with Crippen molar-refractivity contribution in [2.45, 2.75) is 37.9 Å². The molecule has 1 aromatic rings.